The molecule has 0 radical (unpaired) electrons. The summed E-state index contributed by atoms with van der Waals surface area (Å²) in [6, 6.07) is 0. The van der Waals surface area contributed by atoms with Crippen molar-refractivity contribution >= 4 is 12.2 Å². The van der Waals surface area contributed by atoms with E-state index < -0.39 is 29.0 Å². The van der Waals surface area contributed by atoms with Crippen LogP contribution in [0.1, 0.15) is 60.8 Å². The minimum Gasteiger partial charge on any atom is -0.444 e. The predicted octanol–water partition coefficient (Wildman–Crippen LogP) is 3.39. The van der Waals surface area contributed by atoms with Crippen LogP contribution in [0.15, 0.2) is 0 Å². The van der Waals surface area contributed by atoms with Crippen LogP contribution in [0.2, 0.25) is 0 Å². The predicted molar refractivity (Wildman–Crippen MR) is 78.1 cm³/mol. The molecule has 0 unspecified atom stereocenters. The van der Waals surface area contributed by atoms with E-state index in [0.717, 1.165) is 19.3 Å². The Balaban J connectivity index is 2.46. The summed E-state index contributed by atoms with van der Waals surface area (Å²) in [5.74, 6) is 0. The average Bonchev–Trinajstić information content (AvgIpc) is 2.16. The van der Waals surface area contributed by atoms with Crippen molar-refractivity contribution in [1.82, 2.24) is 5.32 Å². The Morgan fingerprint density at radius 1 is 1.00 bits per heavy atom. The summed E-state index contributed by atoms with van der Waals surface area (Å²) in [5.41, 5.74) is -1.68. The first-order valence-electron chi connectivity index (χ1n) is 7.28. The molecule has 0 bridgehead atoms. The quantitative estimate of drug-likeness (QED) is 0.809. The summed E-state index contributed by atoms with van der Waals surface area (Å²) >= 11 is 0. The molecule has 0 heterocycles. The maximum atomic E-state index is 11.8. The molecule has 0 atom stereocenters. The molecule has 6 heteroatoms. The smallest absolute Gasteiger partial charge is 0.444 e. The number of hydrogen-bond donors (Lipinski definition) is 1. The van der Waals surface area contributed by atoms with Gasteiger partial charge in [0.2, 0.25) is 0 Å². The minimum atomic E-state index is -0.722. The summed E-state index contributed by atoms with van der Waals surface area (Å²) < 4.78 is 15.4. The number of carbonyl (C=O) groups excluding carboxylic acids is 2. The van der Waals surface area contributed by atoms with Gasteiger partial charge in [0.05, 0.1) is 5.54 Å². The molecule has 1 aliphatic carbocycles. The van der Waals surface area contributed by atoms with E-state index in [1.807, 2.05) is 0 Å². The van der Waals surface area contributed by atoms with Crippen LogP contribution < -0.4 is 5.32 Å². The Morgan fingerprint density at radius 3 is 1.90 bits per heavy atom. The minimum absolute atomic E-state index is 0.0984. The van der Waals surface area contributed by atoms with Crippen LogP contribution in [0.4, 0.5) is 9.59 Å². The highest BCUT2D eigenvalue weighted by Gasteiger charge is 2.41. The van der Waals surface area contributed by atoms with Crippen LogP contribution in [-0.4, -0.2) is 35.6 Å². The van der Waals surface area contributed by atoms with E-state index in [2.05, 4.69) is 5.32 Å². The van der Waals surface area contributed by atoms with Crippen molar-refractivity contribution in [3.63, 3.8) is 0 Å². The van der Waals surface area contributed by atoms with Crippen LogP contribution in [0.25, 0.3) is 0 Å². The number of alkyl carbamates (subject to hydrolysis) is 1. The summed E-state index contributed by atoms with van der Waals surface area (Å²) in [7, 11) is 0. The Morgan fingerprint density at radius 2 is 1.52 bits per heavy atom. The topological polar surface area (TPSA) is 73.9 Å². The van der Waals surface area contributed by atoms with Crippen LogP contribution >= 0.6 is 0 Å². The molecule has 0 aliphatic heterocycles. The normalized spacial score (nSPS) is 17.4. The molecule has 0 aromatic heterocycles. The standard InChI is InChI=1S/C15H27NO5/c1-13(2,3)20-11(17)16-15(8-7-9-15)10-19-12(18)21-14(4,5)6/h7-10H2,1-6H3,(H,16,17). The van der Waals surface area contributed by atoms with Crippen molar-refractivity contribution < 1.29 is 23.8 Å². The molecular formula is C15H27NO5. The van der Waals surface area contributed by atoms with Gasteiger partial charge in [-0.2, -0.15) is 0 Å². The highest BCUT2D eigenvalue weighted by molar-refractivity contribution is 5.69. The van der Waals surface area contributed by atoms with E-state index in [0.29, 0.717) is 0 Å². The lowest BCUT2D eigenvalue weighted by Gasteiger charge is -2.41. The van der Waals surface area contributed by atoms with Gasteiger partial charge in [0.1, 0.15) is 17.8 Å². The number of hydrogen-bond acceptors (Lipinski definition) is 5. The lowest BCUT2D eigenvalue weighted by atomic mass is 9.77. The molecule has 1 aliphatic rings. The highest BCUT2D eigenvalue weighted by Crippen LogP contribution is 2.32. The zero-order valence-corrected chi connectivity index (χ0v) is 13.9. The average molecular weight is 301 g/mol. The molecule has 0 aromatic carbocycles. The lowest BCUT2D eigenvalue weighted by Crippen LogP contribution is -2.57. The number of carbonyl (C=O) groups is 2. The lowest BCUT2D eigenvalue weighted by molar-refractivity contribution is -0.0310. The molecule has 122 valence electrons. The van der Waals surface area contributed by atoms with Gasteiger partial charge in [-0.1, -0.05) is 0 Å². The molecule has 21 heavy (non-hydrogen) atoms. The summed E-state index contributed by atoms with van der Waals surface area (Å²) in [5, 5.41) is 2.81. The van der Waals surface area contributed by atoms with E-state index in [4.69, 9.17) is 14.2 Å². The van der Waals surface area contributed by atoms with Crippen molar-refractivity contribution in [2.24, 2.45) is 0 Å². The SMILES string of the molecule is CC(C)(C)OC(=O)NC1(COC(=O)OC(C)(C)C)CCC1. The number of rotatable bonds is 3. The fourth-order valence-electron chi connectivity index (χ4n) is 1.91. The van der Waals surface area contributed by atoms with E-state index in [1.165, 1.54) is 0 Å². The highest BCUT2D eigenvalue weighted by atomic mass is 16.7. The molecule has 1 amide bonds. The molecule has 1 N–H and O–H groups in total. The maximum absolute atomic E-state index is 11.8. The van der Waals surface area contributed by atoms with Gasteiger partial charge in [-0.25, -0.2) is 9.59 Å². The van der Waals surface area contributed by atoms with Crippen molar-refractivity contribution in [1.29, 1.82) is 0 Å². The molecular weight excluding hydrogens is 274 g/mol. The Hall–Kier alpha value is -1.46. The molecule has 0 saturated heterocycles. The van der Waals surface area contributed by atoms with Crippen molar-refractivity contribution in [2.45, 2.75) is 77.5 Å². The summed E-state index contributed by atoms with van der Waals surface area (Å²) in [4.78, 5) is 23.4. The molecule has 1 saturated carbocycles. The second-order valence-electron chi connectivity index (χ2n) is 7.51. The van der Waals surface area contributed by atoms with E-state index in [-0.39, 0.29) is 6.61 Å². The van der Waals surface area contributed by atoms with Gasteiger partial charge in [0, 0.05) is 0 Å². The third-order valence-corrected chi connectivity index (χ3v) is 2.93. The zero-order valence-electron chi connectivity index (χ0n) is 13.9. The van der Waals surface area contributed by atoms with Crippen LogP contribution in [0.3, 0.4) is 0 Å². The van der Waals surface area contributed by atoms with E-state index in [1.54, 1.807) is 41.5 Å². The monoisotopic (exact) mass is 301 g/mol. The van der Waals surface area contributed by atoms with Gasteiger partial charge in [-0.3, -0.25) is 0 Å². The molecule has 1 rings (SSSR count). The first kappa shape index (κ1) is 17.6. The molecule has 0 spiro atoms. The third kappa shape index (κ3) is 6.69. The zero-order chi connectivity index (χ0) is 16.3. The van der Waals surface area contributed by atoms with Gasteiger partial charge in [0.15, 0.2) is 0 Å². The third-order valence-electron chi connectivity index (χ3n) is 2.93. The fourth-order valence-corrected chi connectivity index (χ4v) is 1.91. The van der Waals surface area contributed by atoms with Crippen molar-refractivity contribution in [3.05, 3.63) is 0 Å². The molecule has 6 nitrogen and oxygen atoms in total. The van der Waals surface area contributed by atoms with Gasteiger partial charge < -0.3 is 19.5 Å². The van der Waals surface area contributed by atoms with Crippen LogP contribution in [-0.2, 0) is 14.2 Å². The van der Waals surface area contributed by atoms with Crippen molar-refractivity contribution in [2.75, 3.05) is 6.61 Å². The molecule has 0 aromatic rings. The Labute approximate surface area is 126 Å². The van der Waals surface area contributed by atoms with E-state index in [9.17, 15) is 9.59 Å². The first-order chi connectivity index (χ1) is 9.41. The Bertz CT molecular complexity index is 388. The second kappa shape index (κ2) is 6.12. The largest absolute Gasteiger partial charge is 0.508 e. The van der Waals surface area contributed by atoms with Crippen molar-refractivity contribution in [3.8, 4) is 0 Å². The maximum Gasteiger partial charge on any atom is 0.508 e. The number of nitrogens with one attached hydrogen (secondary N) is 1. The van der Waals surface area contributed by atoms with Gasteiger partial charge in [0.25, 0.3) is 0 Å². The van der Waals surface area contributed by atoms with Gasteiger partial charge in [-0.05, 0) is 60.8 Å². The van der Waals surface area contributed by atoms with Crippen LogP contribution in [0.5, 0.6) is 0 Å². The van der Waals surface area contributed by atoms with Crippen LogP contribution in [0, 0.1) is 0 Å². The number of amides is 1. The van der Waals surface area contributed by atoms with Gasteiger partial charge >= 0.3 is 12.2 Å². The first-order valence-corrected chi connectivity index (χ1v) is 7.28. The summed E-state index contributed by atoms with van der Waals surface area (Å²) in [6.07, 6.45) is 1.28. The van der Waals surface area contributed by atoms with Gasteiger partial charge in [-0.15, -0.1) is 0 Å². The Kier molecular flexibility index (Phi) is 5.12. The fraction of sp³-hybridized carbons (Fsp3) is 0.867. The second-order valence-corrected chi connectivity index (χ2v) is 7.51. The van der Waals surface area contributed by atoms with E-state index >= 15 is 0 Å². The summed E-state index contributed by atoms with van der Waals surface area (Å²) in [6.45, 7) is 10.8. The number of ether oxygens (including phenoxy) is 3. The molecule has 1 fully saturated rings.